The molecule has 0 radical (unpaired) electrons. The molecule has 2 rings (SSSR count). The molecule has 1 aromatic carbocycles. The van der Waals surface area contributed by atoms with E-state index in [2.05, 4.69) is 25.8 Å². The van der Waals surface area contributed by atoms with Gasteiger partial charge in [-0.05, 0) is 42.4 Å². The number of hydrogen-bond donors (Lipinski definition) is 1. The van der Waals surface area contributed by atoms with Crippen LogP contribution in [-0.2, 0) is 6.42 Å². The third-order valence-electron chi connectivity index (χ3n) is 4.15. The first-order valence-electron chi connectivity index (χ1n) is 8.32. The molecule has 1 aliphatic rings. The summed E-state index contributed by atoms with van der Waals surface area (Å²) in [5.74, 6) is 1.12. The third kappa shape index (κ3) is 4.75. The molecule has 0 aliphatic heterocycles. The van der Waals surface area contributed by atoms with E-state index in [0.717, 1.165) is 36.1 Å². The zero-order chi connectivity index (χ0) is 16.2. The Balaban J connectivity index is 2.25. The van der Waals surface area contributed by atoms with Gasteiger partial charge in [-0.3, -0.25) is 4.99 Å². The highest BCUT2D eigenvalue weighted by Gasteiger charge is 2.17. The fraction of sp³-hybridized carbons (Fsp3) is 0.632. The van der Waals surface area contributed by atoms with E-state index in [9.17, 15) is 5.11 Å². The first kappa shape index (κ1) is 16.9. The molecular weight excluding hydrogens is 274 g/mol. The van der Waals surface area contributed by atoms with Gasteiger partial charge in [-0.15, -0.1) is 0 Å². The van der Waals surface area contributed by atoms with Crippen LogP contribution in [0, 0.1) is 5.41 Å². The van der Waals surface area contributed by atoms with Crippen molar-refractivity contribution in [1.29, 1.82) is 0 Å². The minimum atomic E-state index is 0.113. The zero-order valence-electron chi connectivity index (χ0n) is 14.4. The lowest BCUT2D eigenvalue weighted by Crippen LogP contribution is -2.11. The second-order valence-electron chi connectivity index (χ2n) is 7.53. The number of methoxy groups -OCH3 is 1. The normalized spacial score (nSPS) is 17.1. The highest BCUT2D eigenvalue weighted by molar-refractivity contribution is 5.85. The van der Waals surface area contributed by atoms with Crippen molar-refractivity contribution in [1.82, 2.24) is 0 Å². The van der Waals surface area contributed by atoms with Gasteiger partial charge in [-0.1, -0.05) is 40.0 Å². The standard InChI is InChI=1S/C19H29NO2/c1-19(2,3)12-14-10-17(22-4)11-15(18(14)21)13-20-16-8-6-5-7-9-16/h10-11,13,16,21H,5-9,12H2,1-4H3. The molecule has 0 aromatic heterocycles. The predicted molar refractivity (Wildman–Crippen MR) is 92.3 cm³/mol. The molecule has 1 fully saturated rings. The van der Waals surface area contributed by atoms with E-state index in [1.807, 2.05) is 18.3 Å². The van der Waals surface area contributed by atoms with Crippen LogP contribution in [-0.4, -0.2) is 24.5 Å². The largest absolute Gasteiger partial charge is 0.507 e. The Hall–Kier alpha value is -1.51. The molecule has 3 heteroatoms. The lowest BCUT2D eigenvalue weighted by molar-refractivity contribution is 0.386. The number of aromatic hydroxyl groups is 1. The molecule has 1 N–H and O–H groups in total. The van der Waals surface area contributed by atoms with Crippen LogP contribution in [0.3, 0.4) is 0 Å². The van der Waals surface area contributed by atoms with Crippen LogP contribution in [0.15, 0.2) is 17.1 Å². The van der Waals surface area contributed by atoms with Crippen molar-refractivity contribution >= 4 is 6.21 Å². The first-order valence-corrected chi connectivity index (χ1v) is 8.32. The van der Waals surface area contributed by atoms with Gasteiger partial charge in [0.15, 0.2) is 0 Å². The van der Waals surface area contributed by atoms with Crippen LogP contribution in [0.2, 0.25) is 0 Å². The van der Waals surface area contributed by atoms with Gasteiger partial charge in [0.2, 0.25) is 0 Å². The van der Waals surface area contributed by atoms with E-state index in [1.165, 1.54) is 19.3 Å². The predicted octanol–water partition coefficient (Wildman–Crippen LogP) is 4.74. The molecule has 0 atom stereocenters. The van der Waals surface area contributed by atoms with Crippen LogP contribution in [0.25, 0.3) is 0 Å². The van der Waals surface area contributed by atoms with Gasteiger partial charge in [0.25, 0.3) is 0 Å². The van der Waals surface area contributed by atoms with Gasteiger partial charge in [0.05, 0.1) is 7.11 Å². The summed E-state index contributed by atoms with van der Waals surface area (Å²) in [5.41, 5.74) is 1.81. The quantitative estimate of drug-likeness (QED) is 0.816. The van der Waals surface area contributed by atoms with Crippen molar-refractivity contribution in [3.8, 4) is 11.5 Å². The van der Waals surface area contributed by atoms with Crippen molar-refractivity contribution in [3.63, 3.8) is 0 Å². The van der Waals surface area contributed by atoms with Crippen LogP contribution in [0.4, 0.5) is 0 Å². The Kier molecular flexibility index (Phi) is 5.49. The summed E-state index contributed by atoms with van der Waals surface area (Å²) in [6.45, 7) is 6.51. The number of aliphatic imine (C=N–C) groups is 1. The van der Waals surface area contributed by atoms with E-state index in [1.54, 1.807) is 7.11 Å². The smallest absolute Gasteiger partial charge is 0.127 e. The maximum absolute atomic E-state index is 10.6. The first-order chi connectivity index (χ1) is 10.4. The number of rotatable bonds is 4. The van der Waals surface area contributed by atoms with Gasteiger partial charge >= 0.3 is 0 Å². The van der Waals surface area contributed by atoms with Gasteiger partial charge in [0, 0.05) is 17.8 Å². The van der Waals surface area contributed by atoms with Crippen molar-refractivity contribution in [2.45, 2.75) is 65.3 Å². The Morgan fingerprint density at radius 1 is 1.23 bits per heavy atom. The Bertz CT molecular complexity index is 523. The molecule has 22 heavy (non-hydrogen) atoms. The number of phenolic OH excluding ortho intramolecular Hbond substituents is 1. The lowest BCUT2D eigenvalue weighted by atomic mass is 9.87. The summed E-state index contributed by atoms with van der Waals surface area (Å²) < 4.78 is 5.38. The zero-order valence-corrected chi connectivity index (χ0v) is 14.4. The maximum atomic E-state index is 10.6. The van der Waals surface area contributed by atoms with Gasteiger partial charge in [-0.25, -0.2) is 0 Å². The second-order valence-corrected chi connectivity index (χ2v) is 7.53. The molecule has 0 amide bonds. The molecule has 3 nitrogen and oxygen atoms in total. The van der Waals surface area contributed by atoms with Gasteiger partial charge < -0.3 is 9.84 Å². The fourth-order valence-electron chi connectivity index (χ4n) is 3.03. The summed E-state index contributed by atoms with van der Waals surface area (Å²) in [4.78, 5) is 4.69. The summed E-state index contributed by atoms with van der Waals surface area (Å²) in [6.07, 6.45) is 8.82. The summed E-state index contributed by atoms with van der Waals surface area (Å²) in [5, 5.41) is 10.6. The van der Waals surface area contributed by atoms with Crippen LogP contribution in [0.1, 0.15) is 64.0 Å². The molecular formula is C19H29NO2. The van der Waals surface area contributed by atoms with E-state index in [4.69, 9.17) is 4.74 Å². The lowest BCUT2D eigenvalue weighted by Gasteiger charge is -2.20. The number of phenols is 1. The number of hydrogen-bond acceptors (Lipinski definition) is 3. The van der Waals surface area contributed by atoms with Crippen LogP contribution >= 0.6 is 0 Å². The molecule has 122 valence electrons. The van der Waals surface area contributed by atoms with Gasteiger partial charge in [-0.2, -0.15) is 0 Å². The third-order valence-corrected chi connectivity index (χ3v) is 4.15. The highest BCUT2D eigenvalue weighted by atomic mass is 16.5. The van der Waals surface area contributed by atoms with Crippen molar-refractivity contribution in [2.75, 3.05) is 7.11 Å². The van der Waals surface area contributed by atoms with Crippen LogP contribution < -0.4 is 4.74 Å². The summed E-state index contributed by atoms with van der Waals surface area (Å²) in [6, 6.07) is 4.21. The van der Waals surface area contributed by atoms with Crippen molar-refractivity contribution in [3.05, 3.63) is 23.3 Å². The van der Waals surface area contributed by atoms with E-state index in [-0.39, 0.29) is 5.41 Å². The molecule has 1 saturated carbocycles. The maximum Gasteiger partial charge on any atom is 0.127 e. The summed E-state index contributed by atoms with van der Waals surface area (Å²) >= 11 is 0. The average Bonchev–Trinajstić information content (AvgIpc) is 2.47. The Labute approximate surface area is 134 Å². The Morgan fingerprint density at radius 3 is 2.50 bits per heavy atom. The topological polar surface area (TPSA) is 41.8 Å². The second kappa shape index (κ2) is 7.17. The number of ether oxygens (including phenoxy) is 1. The van der Waals surface area contributed by atoms with E-state index in [0.29, 0.717) is 11.8 Å². The molecule has 1 aromatic rings. The highest BCUT2D eigenvalue weighted by Crippen LogP contribution is 2.32. The number of benzene rings is 1. The number of nitrogens with zero attached hydrogens (tertiary/aromatic N) is 1. The summed E-state index contributed by atoms with van der Waals surface area (Å²) in [7, 11) is 1.66. The molecule has 0 heterocycles. The monoisotopic (exact) mass is 303 g/mol. The molecule has 0 spiro atoms. The van der Waals surface area contributed by atoms with Crippen molar-refractivity contribution in [2.24, 2.45) is 10.4 Å². The average molecular weight is 303 g/mol. The minimum absolute atomic E-state index is 0.113. The molecule has 0 bridgehead atoms. The van der Waals surface area contributed by atoms with E-state index >= 15 is 0 Å². The Morgan fingerprint density at radius 2 is 1.91 bits per heavy atom. The van der Waals surface area contributed by atoms with Crippen LogP contribution in [0.5, 0.6) is 11.5 Å². The minimum Gasteiger partial charge on any atom is -0.507 e. The SMILES string of the molecule is COc1cc(C=NC2CCCCC2)c(O)c(CC(C)(C)C)c1. The molecule has 0 saturated heterocycles. The van der Waals surface area contributed by atoms with E-state index < -0.39 is 0 Å². The van der Waals surface area contributed by atoms with Crippen molar-refractivity contribution < 1.29 is 9.84 Å². The molecule has 1 aliphatic carbocycles. The molecule has 0 unspecified atom stereocenters. The van der Waals surface area contributed by atoms with Gasteiger partial charge in [0.1, 0.15) is 11.5 Å². The fourth-order valence-corrected chi connectivity index (χ4v) is 3.03.